The van der Waals surface area contributed by atoms with Gasteiger partial charge in [0, 0.05) is 38.3 Å². The molecule has 0 saturated heterocycles. The van der Waals surface area contributed by atoms with Crippen molar-refractivity contribution in [2.45, 2.75) is 33.4 Å². The topological polar surface area (TPSA) is 58.4 Å². The molecule has 0 fully saturated rings. The minimum Gasteiger partial charge on any atom is -0.392 e. The Balaban J connectivity index is 2.72. The van der Waals surface area contributed by atoms with Crippen LogP contribution in [-0.4, -0.2) is 39.8 Å². The van der Waals surface area contributed by atoms with E-state index in [1.807, 2.05) is 13.8 Å². The molecule has 16 heavy (non-hydrogen) atoms. The zero-order valence-corrected chi connectivity index (χ0v) is 10.3. The SMILES string of the molecule is Cc1nn(CCC(=O)N(C)C)c(C)c1CO. The molecule has 0 aliphatic rings. The molecule has 5 heteroatoms. The van der Waals surface area contributed by atoms with Gasteiger partial charge in [0.1, 0.15) is 0 Å². The summed E-state index contributed by atoms with van der Waals surface area (Å²) < 4.78 is 1.78. The number of aliphatic hydroxyl groups is 1. The second-order valence-corrected chi connectivity index (χ2v) is 4.07. The number of carbonyl (C=O) groups is 1. The zero-order valence-electron chi connectivity index (χ0n) is 10.3. The van der Waals surface area contributed by atoms with Gasteiger partial charge in [0.2, 0.25) is 5.91 Å². The van der Waals surface area contributed by atoms with Crippen LogP contribution in [-0.2, 0) is 17.9 Å². The van der Waals surface area contributed by atoms with Crippen molar-refractivity contribution < 1.29 is 9.90 Å². The van der Waals surface area contributed by atoms with E-state index in [1.54, 1.807) is 23.7 Å². The highest BCUT2D eigenvalue weighted by atomic mass is 16.3. The van der Waals surface area contributed by atoms with Crippen LogP contribution in [0.25, 0.3) is 0 Å². The Hall–Kier alpha value is -1.36. The quantitative estimate of drug-likeness (QED) is 0.810. The Kier molecular flexibility index (Phi) is 4.06. The predicted molar refractivity (Wildman–Crippen MR) is 60.9 cm³/mol. The molecule has 1 aromatic rings. The van der Waals surface area contributed by atoms with Gasteiger partial charge in [-0.25, -0.2) is 0 Å². The largest absolute Gasteiger partial charge is 0.392 e. The first-order chi connectivity index (χ1) is 7.47. The zero-order chi connectivity index (χ0) is 12.3. The monoisotopic (exact) mass is 225 g/mol. The van der Waals surface area contributed by atoms with Crippen LogP contribution < -0.4 is 0 Å². The maximum Gasteiger partial charge on any atom is 0.223 e. The summed E-state index contributed by atoms with van der Waals surface area (Å²) in [4.78, 5) is 13.0. The van der Waals surface area contributed by atoms with Crippen molar-refractivity contribution in [3.05, 3.63) is 17.0 Å². The summed E-state index contributed by atoms with van der Waals surface area (Å²) in [5.41, 5.74) is 2.63. The van der Waals surface area contributed by atoms with E-state index in [0.717, 1.165) is 17.0 Å². The average Bonchev–Trinajstić information content (AvgIpc) is 2.50. The maximum absolute atomic E-state index is 11.4. The van der Waals surface area contributed by atoms with E-state index < -0.39 is 0 Å². The molecule has 1 heterocycles. The van der Waals surface area contributed by atoms with Crippen LogP contribution >= 0.6 is 0 Å². The molecule has 1 N–H and O–H groups in total. The summed E-state index contributed by atoms with van der Waals surface area (Å²) in [5.74, 6) is 0.0816. The second-order valence-electron chi connectivity index (χ2n) is 4.07. The molecule has 0 unspecified atom stereocenters. The number of nitrogens with zero attached hydrogens (tertiary/aromatic N) is 3. The Morgan fingerprint density at radius 3 is 2.50 bits per heavy atom. The van der Waals surface area contributed by atoms with Crippen LogP contribution in [0.5, 0.6) is 0 Å². The fourth-order valence-corrected chi connectivity index (χ4v) is 1.61. The van der Waals surface area contributed by atoms with Crippen LogP contribution in [0.3, 0.4) is 0 Å². The normalized spacial score (nSPS) is 10.6. The van der Waals surface area contributed by atoms with E-state index in [4.69, 9.17) is 5.11 Å². The molecular weight excluding hydrogens is 206 g/mol. The van der Waals surface area contributed by atoms with Crippen LogP contribution in [0.1, 0.15) is 23.4 Å². The minimum atomic E-state index is -0.000701. The molecule has 0 aromatic carbocycles. The lowest BCUT2D eigenvalue weighted by atomic mass is 10.2. The highest BCUT2D eigenvalue weighted by Crippen LogP contribution is 2.13. The van der Waals surface area contributed by atoms with Crippen molar-refractivity contribution in [3.63, 3.8) is 0 Å². The summed E-state index contributed by atoms with van der Waals surface area (Å²) in [6.07, 6.45) is 0.430. The first kappa shape index (κ1) is 12.7. The van der Waals surface area contributed by atoms with E-state index in [-0.39, 0.29) is 12.5 Å². The van der Waals surface area contributed by atoms with Crippen molar-refractivity contribution in [2.24, 2.45) is 0 Å². The highest BCUT2D eigenvalue weighted by Gasteiger charge is 2.11. The Morgan fingerprint density at radius 2 is 2.06 bits per heavy atom. The third kappa shape index (κ3) is 2.61. The molecule has 1 rings (SSSR count). The van der Waals surface area contributed by atoms with E-state index in [9.17, 15) is 4.79 Å². The van der Waals surface area contributed by atoms with Gasteiger partial charge >= 0.3 is 0 Å². The van der Waals surface area contributed by atoms with Gasteiger partial charge in [-0.2, -0.15) is 5.10 Å². The number of aryl methyl sites for hydroxylation is 2. The fourth-order valence-electron chi connectivity index (χ4n) is 1.61. The number of aromatic nitrogens is 2. The Bertz CT molecular complexity index is 383. The summed E-state index contributed by atoms with van der Waals surface area (Å²) in [6.45, 7) is 4.33. The summed E-state index contributed by atoms with van der Waals surface area (Å²) in [7, 11) is 3.48. The summed E-state index contributed by atoms with van der Waals surface area (Å²) in [6, 6.07) is 0. The number of amides is 1. The van der Waals surface area contributed by atoms with Gasteiger partial charge in [0.25, 0.3) is 0 Å². The van der Waals surface area contributed by atoms with Crippen LogP contribution in [0.2, 0.25) is 0 Å². The molecule has 0 spiro atoms. The third-order valence-electron chi connectivity index (χ3n) is 2.73. The molecule has 1 aromatic heterocycles. The van der Waals surface area contributed by atoms with Crippen molar-refractivity contribution in [1.82, 2.24) is 14.7 Å². The molecule has 0 saturated carbocycles. The lowest BCUT2D eigenvalue weighted by Crippen LogP contribution is -2.23. The van der Waals surface area contributed by atoms with E-state index >= 15 is 0 Å². The molecule has 5 nitrogen and oxygen atoms in total. The molecule has 0 atom stereocenters. The van der Waals surface area contributed by atoms with E-state index in [0.29, 0.717) is 13.0 Å². The van der Waals surface area contributed by atoms with Crippen LogP contribution in [0, 0.1) is 13.8 Å². The van der Waals surface area contributed by atoms with Gasteiger partial charge in [0.05, 0.1) is 12.3 Å². The van der Waals surface area contributed by atoms with Gasteiger partial charge in [0.15, 0.2) is 0 Å². The lowest BCUT2D eigenvalue weighted by Gasteiger charge is -2.10. The van der Waals surface area contributed by atoms with E-state index in [2.05, 4.69) is 5.10 Å². The number of carbonyl (C=O) groups excluding carboxylic acids is 1. The van der Waals surface area contributed by atoms with Crippen LogP contribution in [0.4, 0.5) is 0 Å². The summed E-state index contributed by atoms with van der Waals surface area (Å²) in [5, 5.41) is 13.4. The summed E-state index contributed by atoms with van der Waals surface area (Å²) >= 11 is 0. The number of aliphatic hydroxyl groups excluding tert-OH is 1. The van der Waals surface area contributed by atoms with Gasteiger partial charge in [-0.3, -0.25) is 9.48 Å². The standard InChI is InChI=1S/C11H19N3O2/c1-8-10(7-15)9(2)14(12-8)6-5-11(16)13(3)4/h15H,5-7H2,1-4H3. The van der Waals surface area contributed by atoms with Gasteiger partial charge in [-0.05, 0) is 13.8 Å². The number of hydrogen-bond donors (Lipinski definition) is 1. The second kappa shape index (κ2) is 5.12. The average molecular weight is 225 g/mol. The molecule has 90 valence electrons. The lowest BCUT2D eigenvalue weighted by molar-refractivity contribution is -0.128. The molecular formula is C11H19N3O2. The van der Waals surface area contributed by atoms with Crippen LogP contribution in [0.15, 0.2) is 0 Å². The first-order valence-corrected chi connectivity index (χ1v) is 5.31. The van der Waals surface area contributed by atoms with Crippen molar-refractivity contribution in [1.29, 1.82) is 0 Å². The Morgan fingerprint density at radius 1 is 1.44 bits per heavy atom. The van der Waals surface area contributed by atoms with Crippen molar-refractivity contribution in [3.8, 4) is 0 Å². The Labute approximate surface area is 95.7 Å². The fraction of sp³-hybridized carbons (Fsp3) is 0.636. The van der Waals surface area contributed by atoms with Gasteiger partial charge in [-0.15, -0.1) is 0 Å². The first-order valence-electron chi connectivity index (χ1n) is 5.31. The predicted octanol–water partition coefficient (Wildman–Crippen LogP) is 0.471. The minimum absolute atomic E-state index is 0.000701. The maximum atomic E-state index is 11.4. The number of hydrogen-bond acceptors (Lipinski definition) is 3. The molecule has 0 aliphatic heterocycles. The third-order valence-corrected chi connectivity index (χ3v) is 2.73. The molecule has 0 bridgehead atoms. The van der Waals surface area contributed by atoms with E-state index in [1.165, 1.54) is 0 Å². The smallest absolute Gasteiger partial charge is 0.223 e. The van der Waals surface area contributed by atoms with Crippen molar-refractivity contribution >= 4 is 5.91 Å². The highest BCUT2D eigenvalue weighted by molar-refractivity contribution is 5.75. The van der Waals surface area contributed by atoms with Gasteiger partial charge < -0.3 is 10.0 Å². The van der Waals surface area contributed by atoms with Crippen molar-refractivity contribution in [2.75, 3.05) is 14.1 Å². The molecule has 1 amide bonds. The number of rotatable bonds is 4. The molecule has 0 radical (unpaired) electrons. The van der Waals surface area contributed by atoms with Gasteiger partial charge in [-0.1, -0.05) is 0 Å². The molecule has 0 aliphatic carbocycles.